The number of halogens is 1. The van der Waals surface area contributed by atoms with Crippen LogP contribution in [0.25, 0.3) is 0 Å². The summed E-state index contributed by atoms with van der Waals surface area (Å²) in [6, 6.07) is 0. The van der Waals surface area contributed by atoms with E-state index in [4.69, 9.17) is 11.6 Å². The van der Waals surface area contributed by atoms with Gasteiger partial charge in [0, 0.05) is 0 Å². The lowest BCUT2D eigenvalue weighted by Gasteiger charge is -1.73. The van der Waals surface area contributed by atoms with E-state index in [0.717, 1.165) is 5.69 Å². The number of nitrogens with zero attached hydrogens (tertiary/aromatic N) is 1. The number of hydrogen-bond donors (Lipinski definition) is 0. The van der Waals surface area contributed by atoms with Crippen LogP contribution in [-0.4, -0.2) is 4.98 Å². The first-order chi connectivity index (χ1) is 3.30. The van der Waals surface area contributed by atoms with Crippen molar-refractivity contribution in [1.29, 1.82) is 0 Å². The Morgan fingerprint density at radius 2 is 2.38 bits per heavy atom. The molecule has 0 N–H and O–H groups in total. The quantitative estimate of drug-likeness (QED) is 0.543. The third-order valence-corrected chi connectivity index (χ3v) is 1.05. The molecule has 0 radical (unpaired) electrons. The van der Waals surface area contributed by atoms with Crippen LogP contribution in [0, 0.1) is 6.92 Å². The number of aromatic nitrogens is 1. The first-order valence-corrected chi connectivity index (χ1v) is 2.24. The van der Waals surface area contributed by atoms with Gasteiger partial charge in [0.15, 0.2) is 6.39 Å². The van der Waals surface area contributed by atoms with Gasteiger partial charge in [0.05, 0.1) is 5.69 Å². The van der Waals surface area contributed by atoms with Crippen molar-refractivity contribution in [3.05, 3.63) is 17.3 Å². The molecule has 0 unspecified atom stereocenters. The van der Waals surface area contributed by atoms with E-state index in [0.29, 0.717) is 5.22 Å². The summed E-state index contributed by atoms with van der Waals surface area (Å²) in [5.74, 6) is 0. The van der Waals surface area contributed by atoms with Crippen molar-refractivity contribution in [2.45, 2.75) is 14.4 Å². The maximum atomic E-state index is 5.40. The van der Waals surface area contributed by atoms with E-state index in [1.54, 1.807) is 6.92 Å². The van der Waals surface area contributed by atoms with E-state index in [1.165, 1.54) is 6.39 Å². The highest BCUT2D eigenvalue weighted by atomic mass is 35.5. The lowest BCUT2D eigenvalue weighted by molar-refractivity contribution is 0.559. The Bertz CT molecular complexity index is 145. The molecule has 1 rings (SSSR count). The number of hydrogen-bond acceptors (Lipinski definition) is 2. The molecule has 0 aliphatic rings. The van der Waals surface area contributed by atoms with Crippen molar-refractivity contribution in [1.82, 2.24) is 4.98 Å². The summed E-state index contributed by atoms with van der Waals surface area (Å²) >= 11 is 5.40. The SMILES string of the molecule is C.Cc1ncoc1Cl. The fourth-order valence-corrected chi connectivity index (χ4v) is 0.376. The molecule has 0 atom stereocenters. The molecule has 0 saturated carbocycles. The molecule has 0 fully saturated rings. The molecule has 2 nitrogen and oxygen atoms in total. The molecule has 0 spiro atoms. The molecular formula is C5H8ClNO. The van der Waals surface area contributed by atoms with Gasteiger partial charge in [-0.05, 0) is 18.5 Å². The number of oxazole rings is 1. The van der Waals surface area contributed by atoms with Crippen molar-refractivity contribution in [3.63, 3.8) is 0 Å². The molecule has 8 heavy (non-hydrogen) atoms. The van der Waals surface area contributed by atoms with Crippen LogP contribution in [0.1, 0.15) is 13.1 Å². The highest BCUT2D eigenvalue weighted by molar-refractivity contribution is 6.29. The van der Waals surface area contributed by atoms with Crippen LogP contribution in [0.15, 0.2) is 10.8 Å². The zero-order valence-corrected chi connectivity index (χ0v) is 4.57. The van der Waals surface area contributed by atoms with Crippen molar-refractivity contribution in [3.8, 4) is 0 Å². The summed E-state index contributed by atoms with van der Waals surface area (Å²) in [6.07, 6.45) is 1.32. The molecule has 0 saturated heterocycles. The van der Waals surface area contributed by atoms with Gasteiger partial charge >= 0.3 is 0 Å². The Labute approximate surface area is 53.5 Å². The molecule has 0 aliphatic heterocycles. The van der Waals surface area contributed by atoms with Gasteiger partial charge < -0.3 is 4.42 Å². The predicted molar refractivity (Wildman–Crippen MR) is 33.0 cm³/mol. The first-order valence-electron chi connectivity index (χ1n) is 1.86. The molecule has 0 aliphatic carbocycles. The zero-order chi connectivity index (χ0) is 5.28. The van der Waals surface area contributed by atoms with Gasteiger partial charge in [0.1, 0.15) is 0 Å². The fourth-order valence-electron chi connectivity index (χ4n) is 0.288. The lowest BCUT2D eigenvalue weighted by atomic mass is 10.6. The van der Waals surface area contributed by atoms with Gasteiger partial charge in [-0.25, -0.2) is 4.98 Å². The van der Waals surface area contributed by atoms with Crippen LogP contribution >= 0.6 is 11.6 Å². The average molecular weight is 134 g/mol. The van der Waals surface area contributed by atoms with Crippen molar-refractivity contribution < 1.29 is 4.42 Å². The molecule has 1 aromatic heterocycles. The Balaban J connectivity index is 0.000000490. The summed E-state index contributed by atoms with van der Waals surface area (Å²) in [7, 11) is 0. The second kappa shape index (κ2) is 2.72. The van der Waals surface area contributed by atoms with E-state index in [2.05, 4.69) is 9.40 Å². The van der Waals surface area contributed by atoms with Gasteiger partial charge in [0.2, 0.25) is 5.22 Å². The highest BCUT2D eigenvalue weighted by Gasteiger charge is 1.93. The van der Waals surface area contributed by atoms with Crippen LogP contribution in [0.4, 0.5) is 0 Å². The Morgan fingerprint density at radius 1 is 1.75 bits per heavy atom. The highest BCUT2D eigenvalue weighted by Crippen LogP contribution is 2.10. The minimum absolute atomic E-state index is 0. The van der Waals surface area contributed by atoms with Crippen LogP contribution in [0.2, 0.25) is 5.22 Å². The second-order valence-corrected chi connectivity index (χ2v) is 1.55. The topological polar surface area (TPSA) is 26.0 Å². The third-order valence-electron chi connectivity index (χ3n) is 0.687. The Morgan fingerprint density at radius 3 is 2.50 bits per heavy atom. The van der Waals surface area contributed by atoms with E-state index in [9.17, 15) is 0 Å². The van der Waals surface area contributed by atoms with Crippen molar-refractivity contribution in [2.75, 3.05) is 0 Å². The number of aryl methyl sites for hydroxylation is 1. The normalized spacial score (nSPS) is 8.25. The summed E-state index contributed by atoms with van der Waals surface area (Å²) < 4.78 is 4.62. The van der Waals surface area contributed by atoms with Crippen molar-refractivity contribution in [2.24, 2.45) is 0 Å². The van der Waals surface area contributed by atoms with Crippen LogP contribution in [0.3, 0.4) is 0 Å². The molecule has 1 heterocycles. The molecule has 0 aromatic carbocycles. The van der Waals surface area contributed by atoms with Crippen molar-refractivity contribution >= 4 is 11.6 Å². The summed E-state index contributed by atoms with van der Waals surface area (Å²) in [6.45, 7) is 1.78. The maximum absolute atomic E-state index is 5.40. The minimum atomic E-state index is 0. The maximum Gasteiger partial charge on any atom is 0.216 e. The van der Waals surface area contributed by atoms with Gasteiger partial charge in [-0.3, -0.25) is 0 Å². The second-order valence-electron chi connectivity index (χ2n) is 1.21. The van der Waals surface area contributed by atoms with E-state index in [-0.39, 0.29) is 7.43 Å². The van der Waals surface area contributed by atoms with E-state index < -0.39 is 0 Å². The fraction of sp³-hybridized carbons (Fsp3) is 0.400. The monoisotopic (exact) mass is 133 g/mol. The zero-order valence-electron chi connectivity index (χ0n) is 3.81. The molecule has 46 valence electrons. The smallest absolute Gasteiger partial charge is 0.216 e. The van der Waals surface area contributed by atoms with E-state index in [1.807, 2.05) is 0 Å². The molecule has 3 heteroatoms. The lowest BCUT2D eigenvalue weighted by Crippen LogP contribution is -1.64. The third kappa shape index (κ3) is 1.23. The predicted octanol–water partition coefficient (Wildman–Crippen LogP) is 2.27. The average Bonchev–Trinajstić information content (AvgIpc) is 1.91. The minimum Gasteiger partial charge on any atom is -0.432 e. The summed E-state index contributed by atoms with van der Waals surface area (Å²) in [5.41, 5.74) is 0.738. The first kappa shape index (κ1) is 7.50. The van der Waals surface area contributed by atoms with Gasteiger partial charge in [-0.2, -0.15) is 0 Å². The Kier molecular flexibility index (Phi) is 2.55. The van der Waals surface area contributed by atoms with Crippen LogP contribution in [-0.2, 0) is 0 Å². The molecule has 1 aromatic rings. The van der Waals surface area contributed by atoms with Gasteiger partial charge in [0.25, 0.3) is 0 Å². The van der Waals surface area contributed by atoms with Gasteiger partial charge in [-0.15, -0.1) is 0 Å². The molecule has 0 amide bonds. The molecular weight excluding hydrogens is 126 g/mol. The largest absolute Gasteiger partial charge is 0.432 e. The van der Waals surface area contributed by atoms with Crippen LogP contribution < -0.4 is 0 Å². The summed E-state index contributed by atoms with van der Waals surface area (Å²) in [5, 5.41) is 0.375. The number of rotatable bonds is 0. The molecule has 0 bridgehead atoms. The van der Waals surface area contributed by atoms with Crippen LogP contribution in [0.5, 0.6) is 0 Å². The Hall–Kier alpha value is -0.500. The standard InChI is InChI=1S/C4H4ClNO.CH4/c1-3-4(5)7-2-6-3;/h2H,1H3;1H4. The van der Waals surface area contributed by atoms with Gasteiger partial charge in [-0.1, -0.05) is 7.43 Å². The van der Waals surface area contributed by atoms with E-state index >= 15 is 0 Å². The summed E-state index contributed by atoms with van der Waals surface area (Å²) in [4.78, 5) is 3.72.